The van der Waals surface area contributed by atoms with Gasteiger partial charge in [0, 0.05) is 0 Å². The first-order chi connectivity index (χ1) is 10.8. The maximum atomic E-state index is 9.22. The van der Waals surface area contributed by atoms with Crippen LogP contribution in [-0.2, 0) is 6.61 Å². The van der Waals surface area contributed by atoms with Crippen molar-refractivity contribution in [3.8, 4) is 17.5 Å². The zero-order chi connectivity index (χ0) is 15.4. The molecule has 0 amide bonds. The minimum absolute atomic E-state index is 0.230. The van der Waals surface area contributed by atoms with Crippen LogP contribution >= 0.6 is 0 Å². The van der Waals surface area contributed by atoms with Crippen LogP contribution in [0, 0.1) is 18.3 Å². The lowest BCUT2D eigenvalue weighted by molar-refractivity contribution is 0.297. The number of aromatic nitrogens is 3. The Hall–Kier alpha value is -3.13. The van der Waals surface area contributed by atoms with E-state index in [4.69, 9.17) is 4.74 Å². The van der Waals surface area contributed by atoms with E-state index in [-0.39, 0.29) is 12.3 Å². The molecule has 0 unspecified atom stereocenters. The highest BCUT2D eigenvalue weighted by Gasteiger charge is 2.15. The van der Waals surface area contributed by atoms with Crippen molar-refractivity contribution in [1.29, 1.82) is 5.26 Å². The molecule has 3 aromatic rings. The molecular formula is C17H14N4O. The Bertz CT molecular complexity index is 818. The second kappa shape index (κ2) is 6.10. The molecular weight excluding hydrogens is 276 g/mol. The van der Waals surface area contributed by atoms with Gasteiger partial charge in [0.15, 0.2) is 5.69 Å². The zero-order valence-electron chi connectivity index (χ0n) is 12.1. The van der Waals surface area contributed by atoms with E-state index in [1.54, 1.807) is 4.68 Å². The Morgan fingerprint density at radius 1 is 1.09 bits per heavy atom. The van der Waals surface area contributed by atoms with Gasteiger partial charge in [0.1, 0.15) is 24.1 Å². The summed E-state index contributed by atoms with van der Waals surface area (Å²) in [6.07, 6.45) is 0. The number of benzene rings is 2. The van der Waals surface area contributed by atoms with Crippen molar-refractivity contribution < 1.29 is 4.74 Å². The standard InChI is InChI=1S/C17H14N4O/c1-13-7-5-6-10-16(13)21-17(15(11-18)19-20-21)12-22-14-8-3-2-4-9-14/h2-10H,12H2,1H3. The fourth-order valence-electron chi connectivity index (χ4n) is 2.18. The lowest BCUT2D eigenvalue weighted by Crippen LogP contribution is -2.08. The highest BCUT2D eigenvalue weighted by atomic mass is 16.5. The van der Waals surface area contributed by atoms with Gasteiger partial charge in [-0.25, -0.2) is 4.68 Å². The third kappa shape index (κ3) is 2.67. The molecule has 1 aromatic heterocycles. The van der Waals surface area contributed by atoms with Crippen molar-refractivity contribution in [2.45, 2.75) is 13.5 Å². The molecule has 0 atom stereocenters. The van der Waals surface area contributed by atoms with E-state index >= 15 is 0 Å². The van der Waals surface area contributed by atoms with E-state index in [1.165, 1.54) is 0 Å². The van der Waals surface area contributed by atoms with Crippen molar-refractivity contribution in [3.05, 3.63) is 71.5 Å². The maximum Gasteiger partial charge on any atom is 0.189 e. The molecule has 3 rings (SSSR count). The van der Waals surface area contributed by atoms with Crippen LogP contribution in [0.25, 0.3) is 5.69 Å². The van der Waals surface area contributed by atoms with Crippen LogP contribution in [0.3, 0.4) is 0 Å². The quantitative estimate of drug-likeness (QED) is 0.741. The van der Waals surface area contributed by atoms with E-state index in [0.29, 0.717) is 5.69 Å². The molecule has 0 radical (unpaired) electrons. The molecule has 0 bridgehead atoms. The van der Waals surface area contributed by atoms with Crippen LogP contribution in [0.4, 0.5) is 0 Å². The van der Waals surface area contributed by atoms with Crippen LogP contribution < -0.4 is 4.74 Å². The molecule has 108 valence electrons. The topological polar surface area (TPSA) is 63.7 Å². The van der Waals surface area contributed by atoms with Gasteiger partial charge in [-0.1, -0.05) is 41.6 Å². The number of aryl methyl sites for hydroxylation is 1. The van der Waals surface area contributed by atoms with Crippen LogP contribution in [0.15, 0.2) is 54.6 Å². The third-order valence-corrected chi connectivity index (χ3v) is 3.33. The van der Waals surface area contributed by atoms with E-state index in [1.807, 2.05) is 61.5 Å². The molecule has 5 heteroatoms. The summed E-state index contributed by atoms with van der Waals surface area (Å²) in [6.45, 7) is 2.22. The number of nitriles is 1. The number of hydrogen-bond acceptors (Lipinski definition) is 4. The first-order valence-electron chi connectivity index (χ1n) is 6.88. The first kappa shape index (κ1) is 13.8. The van der Waals surface area contributed by atoms with Gasteiger partial charge >= 0.3 is 0 Å². The molecule has 0 aliphatic heterocycles. The van der Waals surface area contributed by atoms with Gasteiger partial charge in [0.2, 0.25) is 0 Å². The summed E-state index contributed by atoms with van der Waals surface area (Å²) in [7, 11) is 0. The van der Waals surface area contributed by atoms with Crippen molar-refractivity contribution in [2.24, 2.45) is 0 Å². The smallest absolute Gasteiger partial charge is 0.189 e. The highest BCUT2D eigenvalue weighted by Crippen LogP contribution is 2.18. The summed E-state index contributed by atoms with van der Waals surface area (Å²) in [5.41, 5.74) is 2.86. The molecule has 1 heterocycles. The van der Waals surface area contributed by atoms with Gasteiger partial charge in [0.05, 0.1) is 5.69 Å². The summed E-state index contributed by atoms with van der Waals surface area (Å²) >= 11 is 0. The predicted molar refractivity (Wildman–Crippen MR) is 81.6 cm³/mol. The molecule has 0 aliphatic carbocycles. The summed E-state index contributed by atoms with van der Waals surface area (Å²) in [4.78, 5) is 0. The van der Waals surface area contributed by atoms with Gasteiger partial charge in [-0.15, -0.1) is 5.10 Å². The molecule has 0 saturated heterocycles. The minimum Gasteiger partial charge on any atom is -0.487 e. The molecule has 0 N–H and O–H groups in total. The zero-order valence-corrected chi connectivity index (χ0v) is 12.1. The van der Waals surface area contributed by atoms with Crippen molar-refractivity contribution >= 4 is 0 Å². The normalized spacial score (nSPS) is 10.2. The molecule has 0 aliphatic rings. The number of ether oxygens (including phenoxy) is 1. The lowest BCUT2D eigenvalue weighted by atomic mass is 10.2. The summed E-state index contributed by atoms with van der Waals surface area (Å²) in [5, 5.41) is 17.3. The van der Waals surface area contributed by atoms with Gasteiger partial charge in [0.25, 0.3) is 0 Å². The van der Waals surface area contributed by atoms with Crippen LogP contribution in [-0.4, -0.2) is 15.0 Å². The van der Waals surface area contributed by atoms with Gasteiger partial charge in [-0.05, 0) is 30.7 Å². The predicted octanol–water partition coefficient (Wildman–Crippen LogP) is 3.03. The lowest BCUT2D eigenvalue weighted by Gasteiger charge is -2.10. The highest BCUT2D eigenvalue weighted by molar-refractivity contribution is 5.42. The Labute approximate surface area is 128 Å². The molecule has 22 heavy (non-hydrogen) atoms. The first-order valence-corrected chi connectivity index (χ1v) is 6.88. The monoisotopic (exact) mass is 290 g/mol. The fraction of sp³-hybridized carbons (Fsp3) is 0.118. The van der Waals surface area contributed by atoms with Crippen molar-refractivity contribution in [1.82, 2.24) is 15.0 Å². The number of hydrogen-bond donors (Lipinski definition) is 0. The SMILES string of the molecule is Cc1ccccc1-n1nnc(C#N)c1COc1ccccc1. The molecule has 2 aromatic carbocycles. The number of para-hydroxylation sites is 2. The van der Waals surface area contributed by atoms with E-state index < -0.39 is 0 Å². The molecule has 0 saturated carbocycles. The average molecular weight is 290 g/mol. The van der Waals surface area contributed by atoms with Crippen LogP contribution in [0.1, 0.15) is 17.0 Å². The maximum absolute atomic E-state index is 9.22. The van der Waals surface area contributed by atoms with Gasteiger partial charge in [-0.2, -0.15) is 5.26 Å². The molecule has 5 nitrogen and oxygen atoms in total. The van der Waals surface area contributed by atoms with Crippen LogP contribution in [0.5, 0.6) is 5.75 Å². The fourth-order valence-corrected chi connectivity index (χ4v) is 2.18. The van der Waals surface area contributed by atoms with Gasteiger partial charge < -0.3 is 4.74 Å². The third-order valence-electron chi connectivity index (χ3n) is 3.33. The van der Waals surface area contributed by atoms with E-state index in [2.05, 4.69) is 16.4 Å². The van der Waals surface area contributed by atoms with Crippen LogP contribution in [0.2, 0.25) is 0 Å². The Balaban J connectivity index is 1.95. The second-order valence-corrected chi connectivity index (χ2v) is 4.80. The second-order valence-electron chi connectivity index (χ2n) is 4.80. The average Bonchev–Trinajstić information content (AvgIpc) is 2.97. The minimum atomic E-state index is 0.230. The summed E-state index contributed by atoms with van der Waals surface area (Å²) in [6, 6.07) is 19.3. The Morgan fingerprint density at radius 3 is 2.55 bits per heavy atom. The Kier molecular flexibility index (Phi) is 3.84. The number of nitrogens with zero attached hydrogens (tertiary/aromatic N) is 4. The van der Waals surface area contributed by atoms with Crippen molar-refractivity contribution in [2.75, 3.05) is 0 Å². The van der Waals surface area contributed by atoms with Gasteiger partial charge in [-0.3, -0.25) is 0 Å². The molecule has 0 fully saturated rings. The Morgan fingerprint density at radius 2 is 1.82 bits per heavy atom. The van der Waals surface area contributed by atoms with Crippen molar-refractivity contribution in [3.63, 3.8) is 0 Å². The summed E-state index contributed by atoms with van der Waals surface area (Å²) in [5.74, 6) is 0.740. The summed E-state index contributed by atoms with van der Waals surface area (Å²) < 4.78 is 7.41. The number of rotatable bonds is 4. The largest absolute Gasteiger partial charge is 0.487 e. The van der Waals surface area contributed by atoms with E-state index in [9.17, 15) is 5.26 Å². The molecule has 0 spiro atoms. The van der Waals surface area contributed by atoms with E-state index in [0.717, 1.165) is 17.0 Å².